The van der Waals surface area contributed by atoms with Gasteiger partial charge in [0.2, 0.25) is 5.82 Å². The minimum Gasteiger partial charge on any atom is -0.332 e. The smallest absolute Gasteiger partial charge is 0.311 e. The maximum Gasteiger partial charge on any atom is 0.311 e. The molecule has 1 aromatic heterocycles. The van der Waals surface area contributed by atoms with E-state index in [4.69, 9.17) is 11.6 Å². The molecule has 0 aliphatic carbocycles. The third-order valence-electron chi connectivity index (χ3n) is 2.24. The Hall–Kier alpha value is -2.28. The maximum atomic E-state index is 13.5. The quantitative estimate of drug-likeness (QED) is 0.531. The first-order valence-corrected chi connectivity index (χ1v) is 5.39. The number of hydrogen-bond acceptors (Lipinski definition) is 4. The zero-order valence-electron chi connectivity index (χ0n) is 9.23. The number of pyridine rings is 1. The van der Waals surface area contributed by atoms with Crippen LogP contribution >= 0.6 is 11.6 Å². The molecule has 98 valence electrons. The van der Waals surface area contributed by atoms with Crippen molar-refractivity contribution in [3.8, 4) is 0 Å². The molecule has 1 N–H and O–H groups in total. The van der Waals surface area contributed by atoms with Crippen LogP contribution in [0.2, 0.25) is 5.15 Å². The molecule has 19 heavy (non-hydrogen) atoms. The monoisotopic (exact) mass is 285 g/mol. The summed E-state index contributed by atoms with van der Waals surface area (Å²) in [5.41, 5.74) is -0.661. The van der Waals surface area contributed by atoms with Crippen molar-refractivity contribution in [2.24, 2.45) is 0 Å². The van der Waals surface area contributed by atoms with Crippen LogP contribution in [0.3, 0.4) is 0 Å². The van der Waals surface area contributed by atoms with E-state index in [-0.39, 0.29) is 16.7 Å². The van der Waals surface area contributed by atoms with Crippen LogP contribution in [0, 0.1) is 21.7 Å². The lowest BCUT2D eigenvalue weighted by molar-refractivity contribution is -0.384. The fourth-order valence-electron chi connectivity index (χ4n) is 1.40. The highest BCUT2D eigenvalue weighted by atomic mass is 35.5. The lowest BCUT2D eigenvalue weighted by Gasteiger charge is -2.07. The van der Waals surface area contributed by atoms with Crippen LogP contribution < -0.4 is 5.32 Å². The Kier molecular flexibility index (Phi) is 3.57. The molecule has 0 aliphatic heterocycles. The second-order valence-corrected chi connectivity index (χ2v) is 3.87. The first-order chi connectivity index (χ1) is 8.99. The van der Waals surface area contributed by atoms with Crippen LogP contribution in [0.1, 0.15) is 0 Å². The Morgan fingerprint density at radius 3 is 2.68 bits per heavy atom. The normalized spacial score (nSPS) is 10.3. The lowest BCUT2D eigenvalue weighted by atomic mass is 10.3. The summed E-state index contributed by atoms with van der Waals surface area (Å²) in [5, 5.41) is 13.1. The molecular formula is C11H6ClF2N3O2. The number of benzene rings is 1. The van der Waals surface area contributed by atoms with E-state index >= 15 is 0 Å². The Balaban J connectivity index is 2.45. The Bertz CT molecular complexity index is 652. The number of rotatable bonds is 3. The number of nitrogens with zero attached hydrogens (tertiary/aromatic N) is 2. The number of anilines is 2. The van der Waals surface area contributed by atoms with Crippen LogP contribution in [0.5, 0.6) is 0 Å². The molecule has 0 bridgehead atoms. The molecule has 0 amide bonds. The van der Waals surface area contributed by atoms with Gasteiger partial charge in [0.25, 0.3) is 0 Å². The predicted octanol–water partition coefficient (Wildman–Crippen LogP) is 3.67. The van der Waals surface area contributed by atoms with Gasteiger partial charge in [-0.25, -0.2) is 13.8 Å². The summed E-state index contributed by atoms with van der Waals surface area (Å²) in [6, 6.07) is 5.77. The van der Waals surface area contributed by atoms with E-state index in [1.807, 2.05) is 0 Å². The first kappa shape index (κ1) is 13.2. The summed E-state index contributed by atoms with van der Waals surface area (Å²) in [7, 11) is 0. The van der Waals surface area contributed by atoms with Crippen LogP contribution in [-0.2, 0) is 0 Å². The molecule has 0 aliphatic rings. The minimum atomic E-state index is -1.15. The lowest BCUT2D eigenvalue weighted by Crippen LogP contribution is -2.02. The van der Waals surface area contributed by atoms with Gasteiger partial charge >= 0.3 is 5.69 Å². The molecule has 0 atom stereocenters. The van der Waals surface area contributed by atoms with E-state index in [1.54, 1.807) is 0 Å². The average molecular weight is 286 g/mol. The van der Waals surface area contributed by atoms with Gasteiger partial charge in [0.15, 0.2) is 11.6 Å². The SMILES string of the molecule is O=[N+]([O-])c1ccc(Cl)nc1Nc1cccc(F)c1F. The second kappa shape index (κ2) is 5.15. The fourth-order valence-corrected chi connectivity index (χ4v) is 1.54. The van der Waals surface area contributed by atoms with Gasteiger partial charge in [0.05, 0.1) is 10.6 Å². The Morgan fingerprint density at radius 2 is 2.00 bits per heavy atom. The molecule has 0 fully saturated rings. The molecule has 1 heterocycles. The van der Waals surface area contributed by atoms with Gasteiger partial charge in [-0.15, -0.1) is 0 Å². The molecule has 2 rings (SSSR count). The Morgan fingerprint density at radius 1 is 1.26 bits per heavy atom. The molecule has 0 spiro atoms. The van der Waals surface area contributed by atoms with E-state index in [9.17, 15) is 18.9 Å². The van der Waals surface area contributed by atoms with E-state index in [1.165, 1.54) is 18.2 Å². The molecule has 0 unspecified atom stereocenters. The highest BCUT2D eigenvalue weighted by molar-refractivity contribution is 6.29. The molecule has 0 saturated heterocycles. The minimum absolute atomic E-state index is 0.00934. The number of nitro groups is 1. The van der Waals surface area contributed by atoms with Gasteiger partial charge in [-0.2, -0.15) is 0 Å². The maximum absolute atomic E-state index is 13.5. The van der Waals surface area contributed by atoms with Crippen molar-refractivity contribution in [3.63, 3.8) is 0 Å². The summed E-state index contributed by atoms with van der Waals surface area (Å²) in [4.78, 5) is 13.8. The van der Waals surface area contributed by atoms with E-state index in [0.29, 0.717) is 0 Å². The molecule has 0 radical (unpaired) electrons. The van der Waals surface area contributed by atoms with Gasteiger partial charge in [-0.1, -0.05) is 17.7 Å². The second-order valence-electron chi connectivity index (χ2n) is 3.49. The summed E-state index contributed by atoms with van der Waals surface area (Å²) < 4.78 is 26.5. The molecule has 2 aromatic rings. The summed E-state index contributed by atoms with van der Waals surface area (Å²) in [5.74, 6) is -2.49. The zero-order valence-corrected chi connectivity index (χ0v) is 9.99. The van der Waals surface area contributed by atoms with Crippen molar-refractivity contribution in [1.29, 1.82) is 0 Å². The number of nitrogens with one attached hydrogen (secondary N) is 1. The highest BCUT2D eigenvalue weighted by Crippen LogP contribution is 2.28. The third kappa shape index (κ3) is 2.76. The summed E-state index contributed by atoms with van der Waals surface area (Å²) in [6.07, 6.45) is 0. The van der Waals surface area contributed by atoms with Crippen molar-refractivity contribution in [2.45, 2.75) is 0 Å². The van der Waals surface area contributed by atoms with Crippen molar-refractivity contribution < 1.29 is 13.7 Å². The Labute approximate surface area is 111 Å². The average Bonchev–Trinajstić information content (AvgIpc) is 2.35. The molecule has 1 aromatic carbocycles. The zero-order chi connectivity index (χ0) is 14.0. The molecule has 0 saturated carbocycles. The highest BCUT2D eigenvalue weighted by Gasteiger charge is 2.18. The van der Waals surface area contributed by atoms with Crippen molar-refractivity contribution in [3.05, 3.63) is 57.2 Å². The van der Waals surface area contributed by atoms with Crippen LogP contribution in [0.4, 0.5) is 26.0 Å². The van der Waals surface area contributed by atoms with Crippen molar-refractivity contribution in [2.75, 3.05) is 5.32 Å². The third-order valence-corrected chi connectivity index (χ3v) is 2.45. The van der Waals surface area contributed by atoms with Gasteiger partial charge in [0, 0.05) is 6.07 Å². The number of hydrogen-bond donors (Lipinski definition) is 1. The summed E-state index contributed by atoms with van der Waals surface area (Å²) in [6.45, 7) is 0. The first-order valence-electron chi connectivity index (χ1n) is 5.01. The van der Waals surface area contributed by atoms with Gasteiger partial charge in [0.1, 0.15) is 5.15 Å². The molecular weight excluding hydrogens is 280 g/mol. The van der Waals surface area contributed by atoms with Crippen LogP contribution in [0.25, 0.3) is 0 Å². The van der Waals surface area contributed by atoms with Crippen molar-refractivity contribution >= 4 is 28.8 Å². The van der Waals surface area contributed by atoms with Crippen LogP contribution in [-0.4, -0.2) is 9.91 Å². The molecule has 5 nitrogen and oxygen atoms in total. The van der Waals surface area contributed by atoms with Gasteiger partial charge in [-0.3, -0.25) is 10.1 Å². The van der Waals surface area contributed by atoms with E-state index < -0.39 is 22.2 Å². The van der Waals surface area contributed by atoms with Gasteiger partial charge in [-0.05, 0) is 18.2 Å². The fraction of sp³-hybridized carbons (Fsp3) is 0. The van der Waals surface area contributed by atoms with Crippen LogP contribution in [0.15, 0.2) is 30.3 Å². The van der Waals surface area contributed by atoms with Gasteiger partial charge < -0.3 is 5.32 Å². The van der Waals surface area contributed by atoms with Crippen molar-refractivity contribution in [1.82, 2.24) is 4.98 Å². The number of halogens is 3. The molecule has 8 heteroatoms. The standard InChI is InChI=1S/C11H6ClF2N3O2/c12-9-5-4-8(17(18)19)11(16-9)15-7-3-1-2-6(13)10(7)14/h1-5H,(H,15,16). The van der Waals surface area contributed by atoms with E-state index in [2.05, 4.69) is 10.3 Å². The largest absolute Gasteiger partial charge is 0.332 e. The van der Waals surface area contributed by atoms with E-state index in [0.717, 1.165) is 12.1 Å². The predicted molar refractivity (Wildman–Crippen MR) is 65.5 cm³/mol. The topological polar surface area (TPSA) is 68.1 Å². The summed E-state index contributed by atoms with van der Waals surface area (Å²) >= 11 is 5.62. The number of aromatic nitrogens is 1.